The number of nitrogen functional groups attached to an aromatic ring is 1. The Hall–Kier alpha value is -1.30. The van der Waals surface area contributed by atoms with Gasteiger partial charge in [0.1, 0.15) is 10.6 Å². The number of aromatic nitrogens is 1. The van der Waals surface area contributed by atoms with Crippen LogP contribution in [0.4, 0.5) is 10.8 Å². The second-order valence-corrected chi connectivity index (χ2v) is 5.44. The molecule has 0 atom stereocenters. The quantitative estimate of drug-likeness (QED) is 0.664. The fourth-order valence-corrected chi connectivity index (χ4v) is 2.38. The molecule has 0 unspecified atom stereocenters. The third-order valence-electron chi connectivity index (χ3n) is 2.67. The first-order chi connectivity index (χ1) is 8.56. The van der Waals surface area contributed by atoms with Gasteiger partial charge < -0.3 is 16.4 Å². The van der Waals surface area contributed by atoms with Crippen molar-refractivity contribution in [3.05, 3.63) is 5.56 Å². The number of carbonyl (C=O) groups excluding carboxylic acids is 1. The third-order valence-corrected chi connectivity index (χ3v) is 3.49. The van der Waals surface area contributed by atoms with E-state index in [1.54, 1.807) is 7.05 Å². The number of hydrogen-bond donors (Lipinski definition) is 3. The average molecular weight is 270 g/mol. The maximum absolute atomic E-state index is 11.6. The zero-order valence-corrected chi connectivity index (χ0v) is 12.1. The van der Waals surface area contributed by atoms with E-state index in [0.29, 0.717) is 11.4 Å². The topological polar surface area (TPSA) is 80.0 Å². The molecule has 0 radical (unpaired) electrons. The molecule has 0 aliphatic heterocycles. The molecular weight excluding hydrogens is 248 g/mol. The molecule has 102 valence electrons. The first kappa shape index (κ1) is 14.8. The summed E-state index contributed by atoms with van der Waals surface area (Å²) in [5.74, 6) is 0.848. The van der Waals surface area contributed by atoms with Gasteiger partial charge in [-0.05, 0) is 23.9 Å². The lowest BCUT2D eigenvalue weighted by atomic mass is 10.1. The van der Waals surface area contributed by atoms with Crippen molar-refractivity contribution in [1.82, 2.24) is 9.69 Å². The molecule has 1 heterocycles. The number of nitrogens with one attached hydrogen (secondary N) is 2. The van der Waals surface area contributed by atoms with Gasteiger partial charge >= 0.3 is 0 Å². The fourth-order valence-electron chi connectivity index (χ4n) is 1.65. The van der Waals surface area contributed by atoms with E-state index in [1.165, 1.54) is 24.4 Å². The van der Waals surface area contributed by atoms with Crippen LogP contribution in [-0.4, -0.2) is 23.9 Å². The van der Waals surface area contributed by atoms with Crippen LogP contribution in [0.15, 0.2) is 0 Å². The van der Waals surface area contributed by atoms with Gasteiger partial charge in [-0.3, -0.25) is 4.79 Å². The van der Waals surface area contributed by atoms with Crippen LogP contribution in [0, 0.1) is 5.92 Å². The molecule has 6 heteroatoms. The normalized spacial score (nSPS) is 10.7. The predicted octanol–water partition coefficient (Wildman–Crippen LogP) is 2.32. The summed E-state index contributed by atoms with van der Waals surface area (Å²) >= 11 is 1.24. The molecule has 0 aliphatic carbocycles. The van der Waals surface area contributed by atoms with Crippen molar-refractivity contribution in [3.8, 4) is 0 Å². The molecule has 0 bridgehead atoms. The Morgan fingerprint density at radius 1 is 1.44 bits per heavy atom. The van der Waals surface area contributed by atoms with E-state index in [2.05, 4.69) is 28.9 Å². The third kappa shape index (κ3) is 4.18. The largest absolute Gasteiger partial charge is 0.382 e. The highest BCUT2D eigenvalue weighted by Crippen LogP contribution is 2.26. The summed E-state index contributed by atoms with van der Waals surface area (Å²) in [5, 5.41) is 6.57. The van der Waals surface area contributed by atoms with Crippen molar-refractivity contribution in [1.29, 1.82) is 0 Å². The first-order valence-corrected chi connectivity index (χ1v) is 7.04. The average Bonchev–Trinajstić information content (AvgIpc) is 2.69. The molecule has 0 aromatic carbocycles. The number of nitrogens with two attached hydrogens (primary N) is 1. The van der Waals surface area contributed by atoms with Gasteiger partial charge in [0.25, 0.3) is 5.91 Å². The van der Waals surface area contributed by atoms with Crippen LogP contribution in [0.1, 0.15) is 43.5 Å². The molecule has 18 heavy (non-hydrogen) atoms. The molecule has 1 aromatic heterocycles. The second kappa shape index (κ2) is 7.20. The van der Waals surface area contributed by atoms with Crippen LogP contribution in [-0.2, 0) is 0 Å². The molecular formula is C12H22N4OS. The number of carbonyl (C=O) groups is 1. The fraction of sp³-hybridized carbons (Fsp3) is 0.667. The van der Waals surface area contributed by atoms with E-state index in [9.17, 15) is 4.79 Å². The van der Waals surface area contributed by atoms with Gasteiger partial charge in [-0.1, -0.05) is 26.7 Å². The van der Waals surface area contributed by atoms with Gasteiger partial charge in [0.05, 0.1) is 0 Å². The van der Waals surface area contributed by atoms with E-state index in [0.717, 1.165) is 23.9 Å². The van der Waals surface area contributed by atoms with Gasteiger partial charge in [-0.15, -0.1) is 0 Å². The minimum Gasteiger partial charge on any atom is -0.382 e. The van der Waals surface area contributed by atoms with Gasteiger partial charge in [-0.25, -0.2) is 0 Å². The molecule has 4 N–H and O–H groups in total. The number of amides is 1. The van der Waals surface area contributed by atoms with Crippen LogP contribution < -0.4 is 16.4 Å². The van der Waals surface area contributed by atoms with E-state index >= 15 is 0 Å². The number of nitrogens with zero attached hydrogens (tertiary/aromatic N) is 1. The summed E-state index contributed by atoms with van der Waals surface area (Å²) in [7, 11) is 1.59. The number of rotatable bonds is 7. The zero-order valence-electron chi connectivity index (χ0n) is 11.2. The first-order valence-electron chi connectivity index (χ1n) is 6.27. The van der Waals surface area contributed by atoms with Gasteiger partial charge in [0, 0.05) is 13.6 Å². The molecule has 1 rings (SSSR count). The van der Waals surface area contributed by atoms with Gasteiger partial charge in [-0.2, -0.15) is 4.37 Å². The van der Waals surface area contributed by atoms with Crippen molar-refractivity contribution in [2.24, 2.45) is 5.92 Å². The van der Waals surface area contributed by atoms with Crippen LogP contribution >= 0.6 is 11.5 Å². The summed E-state index contributed by atoms with van der Waals surface area (Å²) in [6, 6.07) is 0. The highest BCUT2D eigenvalue weighted by molar-refractivity contribution is 7.11. The monoisotopic (exact) mass is 270 g/mol. The summed E-state index contributed by atoms with van der Waals surface area (Å²) in [4.78, 5) is 11.6. The Kier molecular flexibility index (Phi) is 5.91. The van der Waals surface area contributed by atoms with E-state index in [-0.39, 0.29) is 5.91 Å². The van der Waals surface area contributed by atoms with Crippen molar-refractivity contribution < 1.29 is 4.79 Å². The Bertz CT molecular complexity index is 389. The maximum Gasteiger partial charge on any atom is 0.257 e. The number of unbranched alkanes of at least 4 members (excludes halogenated alkanes) is 1. The zero-order chi connectivity index (χ0) is 13.5. The predicted molar refractivity (Wildman–Crippen MR) is 77.1 cm³/mol. The SMILES string of the molecule is CNC(=O)c1c(N)nsc1NCCCCC(C)C. The van der Waals surface area contributed by atoms with E-state index in [4.69, 9.17) is 5.73 Å². The van der Waals surface area contributed by atoms with Gasteiger partial charge in [0.15, 0.2) is 5.82 Å². The summed E-state index contributed by atoms with van der Waals surface area (Å²) < 4.78 is 4.01. The van der Waals surface area contributed by atoms with E-state index < -0.39 is 0 Å². The highest BCUT2D eigenvalue weighted by atomic mass is 32.1. The molecule has 0 fully saturated rings. The lowest BCUT2D eigenvalue weighted by Crippen LogP contribution is -2.20. The summed E-state index contributed by atoms with van der Waals surface area (Å²) in [6.07, 6.45) is 3.51. The summed E-state index contributed by atoms with van der Waals surface area (Å²) in [6.45, 7) is 5.29. The molecule has 0 aliphatic rings. The lowest BCUT2D eigenvalue weighted by molar-refractivity contribution is 0.0965. The second-order valence-electron chi connectivity index (χ2n) is 4.67. The van der Waals surface area contributed by atoms with Crippen molar-refractivity contribution in [2.75, 3.05) is 24.6 Å². The molecule has 0 saturated carbocycles. The minimum atomic E-state index is -0.189. The Labute approximate surface area is 112 Å². The van der Waals surface area contributed by atoms with Crippen molar-refractivity contribution >= 4 is 28.3 Å². The highest BCUT2D eigenvalue weighted by Gasteiger charge is 2.17. The minimum absolute atomic E-state index is 0.189. The van der Waals surface area contributed by atoms with Gasteiger partial charge in [0.2, 0.25) is 0 Å². The van der Waals surface area contributed by atoms with Crippen molar-refractivity contribution in [2.45, 2.75) is 33.1 Å². The van der Waals surface area contributed by atoms with Crippen molar-refractivity contribution in [3.63, 3.8) is 0 Å². The molecule has 1 amide bonds. The lowest BCUT2D eigenvalue weighted by Gasteiger charge is -2.07. The molecule has 0 spiro atoms. The standard InChI is InChI=1S/C12H22N4OS/c1-8(2)6-4-5-7-15-12-9(11(17)14-3)10(13)16-18-12/h8,15H,4-7H2,1-3H3,(H2,13,16)(H,14,17). The Balaban J connectivity index is 2.45. The molecule has 5 nitrogen and oxygen atoms in total. The summed E-state index contributed by atoms with van der Waals surface area (Å²) in [5.41, 5.74) is 6.15. The number of anilines is 2. The van der Waals surface area contributed by atoms with Crippen LogP contribution in [0.2, 0.25) is 0 Å². The smallest absolute Gasteiger partial charge is 0.257 e. The van der Waals surface area contributed by atoms with E-state index in [1.807, 2.05) is 0 Å². The Morgan fingerprint density at radius 3 is 2.78 bits per heavy atom. The van der Waals surface area contributed by atoms with Crippen LogP contribution in [0.3, 0.4) is 0 Å². The van der Waals surface area contributed by atoms with Crippen LogP contribution in [0.25, 0.3) is 0 Å². The van der Waals surface area contributed by atoms with Crippen LogP contribution in [0.5, 0.6) is 0 Å². The molecule has 1 aromatic rings. The maximum atomic E-state index is 11.6. The number of hydrogen-bond acceptors (Lipinski definition) is 5. The molecule has 0 saturated heterocycles. The Morgan fingerprint density at radius 2 is 2.17 bits per heavy atom.